The van der Waals surface area contributed by atoms with Gasteiger partial charge in [-0.25, -0.2) is 0 Å². The Morgan fingerprint density at radius 2 is 1.81 bits per heavy atom. The van der Waals surface area contributed by atoms with E-state index in [4.69, 9.17) is 0 Å². The zero-order valence-corrected chi connectivity index (χ0v) is 13.2. The summed E-state index contributed by atoms with van der Waals surface area (Å²) in [6.45, 7) is 12.4. The lowest BCUT2D eigenvalue weighted by Crippen LogP contribution is -2.61. The number of hydrogen-bond acceptors (Lipinski definition) is 1. The Morgan fingerprint density at radius 1 is 1.19 bits per heavy atom. The van der Waals surface area contributed by atoms with Gasteiger partial charge >= 0.3 is 0 Å². The predicted octanol–water partition coefficient (Wildman–Crippen LogP) is 3.97. The molecule has 3 unspecified atom stereocenters. The first-order chi connectivity index (χ1) is 7.24. The van der Waals surface area contributed by atoms with Gasteiger partial charge in [0.1, 0.15) is 0 Å². The average Bonchev–Trinajstić information content (AvgIpc) is 2.74. The molecule has 88 valence electrons. The van der Waals surface area contributed by atoms with Gasteiger partial charge in [0.25, 0.3) is 0 Å². The Balaban J connectivity index is 2.46. The minimum absolute atomic E-state index is 0.0525. The Morgan fingerprint density at radius 3 is 2.12 bits per heavy atom. The van der Waals surface area contributed by atoms with Gasteiger partial charge in [0.2, 0.25) is 0 Å². The topological polar surface area (TPSA) is 23.8 Å². The van der Waals surface area contributed by atoms with E-state index >= 15 is 0 Å². The quantitative estimate of drug-likeness (QED) is 0.536. The Kier molecular flexibility index (Phi) is 2.53. The normalized spacial score (nSPS) is 37.8. The summed E-state index contributed by atoms with van der Waals surface area (Å²) in [5.74, 6) is 1.30. The van der Waals surface area contributed by atoms with E-state index in [9.17, 15) is 5.26 Å². The van der Waals surface area contributed by atoms with Gasteiger partial charge in [-0.3, -0.25) is 0 Å². The van der Waals surface area contributed by atoms with Crippen LogP contribution in [0.1, 0.15) is 12.8 Å². The Labute approximate surface area is 101 Å². The summed E-state index contributed by atoms with van der Waals surface area (Å²) in [6, 6.07) is 2.80. The fraction of sp³-hybridized carbons (Fsp3) is 0.769. The van der Waals surface area contributed by atoms with Crippen LogP contribution in [0.3, 0.4) is 0 Å². The Bertz CT molecular complexity index is 372. The molecule has 2 bridgehead atoms. The second-order valence-corrected chi connectivity index (χ2v) is 24.0. The average molecular weight is 250 g/mol. The molecule has 2 rings (SSSR count). The van der Waals surface area contributed by atoms with Crippen molar-refractivity contribution < 1.29 is 0 Å². The van der Waals surface area contributed by atoms with Crippen molar-refractivity contribution in [3.8, 4) is 6.07 Å². The second kappa shape index (κ2) is 3.33. The third kappa shape index (κ3) is 1.33. The maximum absolute atomic E-state index is 9.81. The fourth-order valence-electron chi connectivity index (χ4n) is 3.51. The van der Waals surface area contributed by atoms with Crippen LogP contribution >= 0.6 is 0 Å². The van der Waals surface area contributed by atoms with E-state index in [0.717, 1.165) is 6.42 Å². The maximum atomic E-state index is 9.81. The molecule has 2 aliphatic carbocycles. The van der Waals surface area contributed by atoms with Gasteiger partial charge in [-0.05, 0) is 24.7 Å². The van der Waals surface area contributed by atoms with E-state index in [1.807, 2.05) is 0 Å². The van der Waals surface area contributed by atoms with Crippen LogP contribution in [0.4, 0.5) is 0 Å². The molecule has 0 aromatic rings. The highest BCUT2D eigenvalue weighted by atomic mass is 29.3. The fourth-order valence-corrected chi connectivity index (χ4v) is 12.1. The molecule has 0 heterocycles. The van der Waals surface area contributed by atoms with Crippen LogP contribution in [0.25, 0.3) is 0 Å². The molecule has 0 aliphatic heterocycles. The molecule has 0 aromatic heterocycles. The summed E-state index contributed by atoms with van der Waals surface area (Å²) in [5.41, 5.74) is 0. The van der Waals surface area contributed by atoms with Gasteiger partial charge in [-0.15, -0.1) is 0 Å². The van der Waals surface area contributed by atoms with Crippen molar-refractivity contribution in [1.29, 1.82) is 5.26 Å². The van der Waals surface area contributed by atoms with Gasteiger partial charge < -0.3 is 0 Å². The van der Waals surface area contributed by atoms with E-state index < -0.39 is 15.2 Å². The minimum atomic E-state index is -1.45. The third-order valence-electron chi connectivity index (χ3n) is 5.58. The van der Waals surface area contributed by atoms with Crippen LogP contribution in [0.2, 0.25) is 37.8 Å². The molecule has 1 saturated carbocycles. The van der Waals surface area contributed by atoms with Crippen molar-refractivity contribution in [2.24, 2.45) is 11.8 Å². The van der Waals surface area contributed by atoms with Gasteiger partial charge in [0.05, 0.1) is 18.7 Å². The van der Waals surface area contributed by atoms with E-state index in [0.29, 0.717) is 11.8 Å². The zero-order valence-electron chi connectivity index (χ0n) is 11.2. The minimum Gasteiger partial charge on any atom is -0.198 e. The monoisotopic (exact) mass is 249 g/mol. The molecule has 0 amide bonds. The molecule has 0 N–H and O–H groups in total. The molecule has 1 fully saturated rings. The summed E-state index contributed by atoms with van der Waals surface area (Å²) in [4.78, 5) is 0. The highest BCUT2D eigenvalue weighted by Crippen LogP contribution is 2.63. The second-order valence-electron chi connectivity index (χ2n) is 7.15. The number of rotatable bonds is 2. The molecule has 0 radical (unpaired) electrons. The third-order valence-corrected chi connectivity index (χ3v) is 24.8. The SMILES string of the molecule is C[Si](C)(C)[Si](C)(C)C1(C#N)CC2C=CC1C2. The van der Waals surface area contributed by atoms with Crippen LogP contribution in [-0.2, 0) is 0 Å². The van der Waals surface area contributed by atoms with E-state index in [-0.39, 0.29) is 5.04 Å². The number of allylic oxidation sites excluding steroid dienone is 2. The van der Waals surface area contributed by atoms with E-state index in [1.54, 1.807) is 0 Å². The summed E-state index contributed by atoms with van der Waals surface area (Å²) in [6.07, 6.45) is 7.13. The van der Waals surface area contributed by atoms with Gasteiger partial charge in [0, 0.05) is 7.59 Å². The smallest absolute Gasteiger partial charge is 0.0660 e. The molecular weight excluding hydrogens is 226 g/mol. The highest BCUT2D eigenvalue weighted by Gasteiger charge is 2.61. The van der Waals surface area contributed by atoms with E-state index in [1.165, 1.54) is 6.42 Å². The lowest BCUT2D eigenvalue weighted by atomic mass is 9.94. The molecule has 0 spiro atoms. The predicted molar refractivity (Wildman–Crippen MR) is 74.5 cm³/mol. The van der Waals surface area contributed by atoms with Gasteiger partial charge in [0.15, 0.2) is 0 Å². The molecule has 2 aliphatic rings. The lowest BCUT2D eigenvalue weighted by Gasteiger charge is -2.49. The number of hydrogen-bond donors (Lipinski definition) is 0. The Hall–Kier alpha value is -0.336. The van der Waals surface area contributed by atoms with Crippen molar-refractivity contribution in [2.45, 2.75) is 50.6 Å². The van der Waals surface area contributed by atoms with Crippen LogP contribution < -0.4 is 0 Å². The standard InChI is InChI=1S/C13H23NSi2/c1-15(2,3)16(4,5)13(10-14)9-11-6-7-12(13)8-11/h6-7,11-12H,8-9H2,1-5H3. The number of nitrogens with zero attached hydrogens (tertiary/aromatic N) is 1. The molecule has 3 atom stereocenters. The summed E-state index contributed by atoms with van der Waals surface area (Å²) < 4.78 is 0. The summed E-state index contributed by atoms with van der Waals surface area (Å²) in [7, 11) is -2.65. The van der Waals surface area contributed by atoms with Crippen molar-refractivity contribution in [1.82, 2.24) is 0 Å². The first kappa shape index (κ1) is 12.1. The summed E-state index contributed by atoms with van der Waals surface area (Å²) >= 11 is 0. The first-order valence-corrected chi connectivity index (χ1v) is 13.8. The van der Waals surface area contributed by atoms with Crippen LogP contribution in [-0.4, -0.2) is 15.2 Å². The zero-order chi connectivity index (χ0) is 12.2. The summed E-state index contributed by atoms with van der Waals surface area (Å²) in [5, 5.41) is 9.86. The molecule has 16 heavy (non-hydrogen) atoms. The molecule has 0 saturated heterocycles. The number of fused-ring (bicyclic) bond motifs is 2. The van der Waals surface area contributed by atoms with Crippen LogP contribution in [0.15, 0.2) is 12.2 Å². The lowest BCUT2D eigenvalue weighted by molar-refractivity contribution is 0.566. The molecule has 3 heteroatoms. The van der Waals surface area contributed by atoms with Gasteiger partial charge in [-0.2, -0.15) is 5.26 Å². The van der Waals surface area contributed by atoms with Crippen molar-refractivity contribution in [2.75, 3.05) is 0 Å². The highest BCUT2D eigenvalue weighted by molar-refractivity contribution is 7.41. The van der Waals surface area contributed by atoms with E-state index in [2.05, 4.69) is 51.0 Å². The first-order valence-electron chi connectivity index (χ1n) is 6.34. The van der Waals surface area contributed by atoms with Crippen LogP contribution in [0.5, 0.6) is 0 Å². The molecule has 0 aromatic carbocycles. The van der Waals surface area contributed by atoms with Crippen molar-refractivity contribution in [3.05, 3.63) is 12.2 Å². The van der Waals surface area contributed by atoms with Gasteiger partial charge in [-0.1, -0.05) is 44.9 Å². The van der Waals surface area contributed by atoms with Crippen molar-refractivity contribution >= 4 is 15.2 Å². The van der Waals surface area contributed by atoms with Crippen LogP contribution in [0, 0.1) is 23.2 Å². The largest absolute Gasteiger partial charge is 0.198 e. The molecule has 1 nitrogen and oxygen atoms in total. The number of nitriles is 1. The molecular formula is C13H23NSi2. The van der Waals surface area contributed by atoms with Crippen molar-refractivity contribution in [3.63, 3.8) is 0 Å². The maximum Gasteiger partial charge on any atom is 0.0660 e.